The third kappa shape index (κ3) is 3.40. The van der Waals surface area contributed by atoms with E-state index in [9.17, 15) is 0 Å². The van der Waals surface area contributed by atoms with Crippen LogP contribution in [0.1, 0.15) is 27.8 Å². The number of nitrogens with one attached hydrogen (secondary N) is 1. The van der Waals surface area contributed by atoms with Crippen molar-refractivity contribution in [2.75, 3.05) is 0 Å². The van der Waals surface area contributed by atoms with Gasteiger partial charge in [-0.1, -0.05) is 6.07 Å². The second kappa shape index (κ2) is 6.12. The first-order chi connectivity index (χ1) is 9.20. The summed E-state index contributed by atoms with van der Waals surface area (Å²) in [6, 6.07) is 10.00. The minimum absolute atomic E-state index is 0.714. The van der Waals surface area contributed by atoms with Crippen molar-refractivity contribution in [2.45, 2.75) is 26.9 Å². The number of rotatable bonds is 4. The third-order valence-corrected chi connectivity index (χ3v) is 3.24. The number of benzene rings is 1. The Balaban J connectivity index is 1.97. The van der Waals surface area contributed by atoms with Crippen molar-refractivity contribution in [3.8, 4) is 6.07 Å². The number of nitriles is 1. The van der Waals surface area contributed by atoms with Crippen LogP contribution >= 0.6 is 0 Å². The van der Waals surface area contributed by atoms with Crippen molar-refractivity contribution in [3.63, 3.8) is 0 Å². The van der Waals surface area contributed by atoms with Crippen LogP contribution in [0.2, 0.25) is 0 Å². The van der Waals surface area contributed by atoms with E-state index in [0.29, 0.717) is 5.56 Å². The first-order valence-electron chi connectivity index (χ1n) is 6.30. The monoisotopic (exact) mass is 251 g/mol. The van der Waals surface area contributed by atoms with Crippen molar-refractivity contribution in [1.29, 1.82) is 5.26 Å². The number of hydrogen-bond acceptors (Lipinski definition) is 3. The largest absolute Gasteiger partial charge is 0.309 e. The Kier molecular flexibility index (Phi) is 4.27. The molecule has 0 aliphatic rings. The molecule has 0 saturated heterocycles. The fourth-order valence-electron chi connectivity index (χ4n) is 2.00. The van der Waals surface area contributed by atoms with Gasteiger partial charge < -0.3 is 5.32 Å². The average Bonchev–Trinajstić information content (AvgIpc) is 2.42. The summed E-state index contributed by atoms with van der Waals surface area (Å²) in [5.41, 5.74) is 5.56. The zero-order valence-electron chi connectivity index (χ0n) is 11.3. The smallest absolute Gasteiger partial charge is 0.0991 e. The maximum atomic E-state index is 8.84. The van der Waals surface area contributed by atoms with E-state index in [1.807, 2.05) is 43.6 Å². The molecule has 1 aromatic heterocycles. The molecule has 0 aliphatic carbocycles. The van der Waals surface area contributed by atoms with E-state index < -0.39 is 0 Å². The van der Waals surface area contributed by atoms with Crippen LogP contribution in [0.3, 0.4) is 0 Å². The summed E-state index contributed by atoms with van der Waals surface area (Å²) < 4.78 is 0. The average molecular weight is 251 g/mol. The molecule has 1 N–H and O–H groups in total. The van der Waals surface area contributed by atoms with E-state index in [4.69, 9.17) is 5.26 Å². The maximum absolute atomic E-state index is 8.84. The van der Waals surface area contributed by atoms with Gasteiger partial charge in [-0.3, -0.25) is 4.98 Å². The highest BCUT2D eigenvalue weighted by atomic mass is 14.8. The van der Waals surface area contributed by atoms with Gasteiger partial charge in [0.15, 0.2) is 0 Å². The molecule has 0 bridgehead atoms. The molecule has 0 radical (unpaired) electrons. The molecule has 1 aromatic carbocycles. The van der Waals surface area contributed by atoms with Crippen molar-refractivity contribution in [3.05, 3.63) is 64.5 Å². The molecule has 3 heteroatoms. The zero-order chi connectivity index (χ0) is 13.7. The standard InChI is InChI=1S/C16H17N3/c1-12-7-14(8-17)3-4-15(12)10-19-11-16-5-6-18-9-13(16)2/h3-7,9,19H,10-11H2,1-2H3. The molecule has 0 fully saturated rings. The molecule has 0 atom stereocenters. The van der Waals surface area contributed by atoms with Crippen LogP contribution in [0, 0.1) is 25.2 Å². The van der Waals surface area contributed by atoms with Gasteiger partial charge in [0.1, 0.15) is 0 Å². The molecule has 19 heavy (non-hydrogen) atoms. The Morgan fingerprint density at radius 3 is 2.47 bits per heavy atom. The quantitative estimate of drug-likeness (QED) is 0.909. The normalized spacial score (nSPS) is 10.2. The highest BCUT2D eigenvalue weighted by Crippen LogP contribution is 2.11. The summed E-state index contributed by atoms with van der Waals surface area (Å²) >= 11 is 0. The Bertz CT molecular complexity index is 612. The first-order valence-corrected chi connectivity index (χ1v) is 6.30. The van der Waals surface area contributed by atoms with Gasteiger partial charge in [0, 0.05) is 25.5 Å². The summed E-state index contributed by atoms with van der Waals surface area (Å²) in [4.78, 5) is 4.09. The number of aryl methyl sites for hydroxylation is 2. The van der Waals surface area contributed by atoms with Gasteiger partial charge >= 0.3 is 0 Å². The van der Waals surface area contributed by atoms with Gasteiger partial charge in [-0.25, -0.2) is 0 Å². The predicted octanol–water partition coefficient (Wildman–Crippen LogP) is 2.86. The number of hydrogen-bond donors (Lipinski definition) is 1. The zero-order valence-corrected chi connectivity index (χ0v) is 11.3. The molecule has 0 saturated carbocycles. The molecule has 3 nitrogen and oxygen atoms in total. The van der Waals surface area contributed by atoms with Gasteiger partial charge in [0.2, 0.25) is 0 Å². The van der Waals surface area contributed by atoms with Crippen LogP contribution < -0.4 is 5.32 Å². The van der Waals surface area contributed by atoms with E-state index in [1.165, 1.54) is 16.7 Å². The van der Waals surface area contributed by atoms with E-state index in [2.05, 4.69) is 23.3 Å². The van der Waals surface area contributed by atoms with Crippen molar-refractivity contribution in [1.82, 2.24) is 10.3 Å². The Hall–Kier alpha value is -2.18. The van der Waals surface area contributed by atoms with Crippen LogP contribution in [0.15, 0.2) is 36.7 Å². The van der Waals surface area contributed by atoms with Crippen molar-refractivity contribution in [2.24, 2.45) is 0 Å². The minimum Gasteiger partial charge on any atom is -0.309 e. The van der Waals surface area contributed by atoms with E-state index in [1.54, 1.807) is 0 Å². The van der Waals surface area contributed by atoms with Gasteiger partial charge in [0.25, 0.3) is 0 Å². The topological polar surface area (TPSA) is 48.7 Å². The first kappa shape index (κ1) is 13.3. The minimum atomic E-state index is 0.714. The second-order valence-electron chi connectivity index (χ2n) is 4.66. The Morgan fingerprint density at radius 2 is 1.84 bits per heavy atom. The lowest BCUT2D eigenvalue weighted by atomic mass is 10.1. The van der Waals surface area contributed by atoms with Gasteiger partial charge in [-0.2, -0.15) is 5.26 Å². The molecular formula is C16H17N3. The summed E-state index contributed by atoms with van der Waals surface area (Å²) in [6.07, 6.45) is 3.70. The molecule has 0 spiro atoms. The van der Waals surface area contributed by atoms with Gasteiger partial charge in [-0.15, -0.1) is 0 Å². The summed E-state index contributed by atoms with van der Waals surface area (Å²) in [5.74, 6) is 0. The number of pyridine rings is 1. The van der Waals surface area contributed by atoms with E-state index >= 15 is 0 Å². The fraction of sp³-hybridized carbons (Fsp3) is 0.250. The molecule has 1 heterocycles. The molecule has 2 aromatic rings. The molecule has 2 rings (SSSR count). The molecule has 0 aliphatic heterocycles. The highest BCUT2D eigenvalue weighted by Gasteiger charge is 2.01. The third-order valence-electron chi connectivity index (χ3n) is 3.24. The number of aromatic nitrogens is 1. The lowest BCUT2D eigenvalue weighted by Gasteiger charge is -2.09. The van der Waals surface area contributed by atoms with Crippen molar-refractivity contribution >= 4 is 0 Å². The molecular weight excluding hydrogens is 234 g/mol. The summed E-state index contributed by atoms with van der Waals surface area (Å²) in [7, 11) is 0. The summed E-state index contributed by atoms with van der Waals surface area (Å²) in [5, 5.41) is 12.3. The predicted molar refractivity (Wildman–Crippen MR) is 75.4 cm³/mol. The van der Waals surface area contributed by atoms with Gasteiger partial charge in [0.05, 0.1) is 11.6 Å². The van der Waals surface area contributed by atoms with Crippen LogP contribution in [0.4, 0.5) is 0 Å². The molecule has 0 unspecified atom stereocenters. The Morgan fingerprint density at radius 1 is 1.11 bits per heavy atom. The second-order valence-corrected chi connectivity index (χ2v) is 4.66. The van der Waals surface area contributed by atoms with Crippen LogP contribution in [-0.4, -0.2) is 4.98 Å². The van der Waals surface area contributed by atoms with Crippen LogP contribution in [0.25, 0.3) is 0 Å². The van der Waals surface area contributed by atoms with Gasteiger partial charge in [-0.05, 0) is 54.3 Å². The molecule has 0 amide bonds. The SMILES string of the molecule is Cc1cnccc1CNCc1ccc(C#N)cc1C. The van der Waals surface area contributed by atoms with Crippen molar-refractivity contribution < 1.29 is 0 Å². The maximum Gasteiger partial charge on any atom is 0.0991 e. The lowest BCUT2D eigenvalue weighted by Crippen LogP contribution is -2.14. The fourth-order valence-corrected chi connectivity index (χ4v) is 2.00. The number of nitrogens with zero attached hydrogens (tertiary/aromatic N) is 2. The highest BCUT2D eigenvalue weighted by molar-refractivity contribution is 5.37. The van der Waals surface area contributed by atoms with Crippen LogP contribution in [0.5, 0.6) is 0 Å². The van der Waals surface area contributed by atoms with Crippen LogP contribution in [-0.2, 0) is 13.1 Å². The molecule has 96 valence electrons. The summed E-state index contributed by atoms with van der Waals surface area (Å²) in [6.45, 7) is 5.74. The lowest BCUT2D eigenvalue weighted by molar-refractivity contribution is 0.687. The Labute approximate surface area is 113 Å². The van der Waals surface area contributed by atoms with E-state index in [0.717, 1.165) is 18.7 Å². The van der Waals surface area contributed by atoms with E-state index in [-0.39, 0.29) is 0 Å².